The molecule has 2 amide bonds. The van der Waals surface area contributed by atoms with Gasteiger partial charge in [-0.3, -0.25) is 10.1 Å². The second-order valence-electron chi connectivity index (χ2n) is 8.03. The molecule has 0 saturated heterocycles. The van der Waals surface area contributed by atoms with E-state index in [4.69, 9.17) is 16.3 Å². The number of amides is 2. The molecule has 0 radical (unpaired) electrons. The molecule has 0 unspecified atom stereocenters. The maximum atomic E-state index is 12.8. The summed E-state index contributed by atoms with van der Waals surface area (Å²) in [6.07, 6.45) is 1.68. The zero-order chi connectivity index (χ0) is 22.8. The predicted octanol–water partition coefficient (Wildman–Crippen LogP) is 3.98. The van der Waals surface area contributed by atoms with Crippen molar-refractivity contribution < 1.29 is 14.3 Å². The molecule has 1 aliphatic rings. The maximum absolute atomic E-state index is 12.8. The second-order valence-corrected chi connectivity index (χ2v) is 9.52. The lowest BCUT2D eigenvalue weighted by atomic mass is 10.2. The summed E-state index contributed by atoms with van der Waals surface area (Å²) in [5.41, 5.74) is 0.421. The van der Waals surface area contributed by atoms with Gasteiger partial charge in [0, 0.05) is 30.9 Å². The summed E-state index contributed by atoms with van der Waals surface area (Å²) in [6.45, 7) is 11.8. The average Bonchev–Trinajstić information content (AvgIpc) is 3.10. The summed E-state index contributed by atoms with van der Waals surface area (Å²) < 4.78 is 5.45. The molecule has 11 heteroatoms. The molecule has 0 fully saturated rings. The first-order valence-electron chi connectivity index (χ1n) is 10.2. The van der Waals surface area contributed by atoms with E-state index in [0.717, 1.165) is 10.6 Å². The Labute approximate surface area is 190 Å². The molecular formula is C20H27ClN6O3S. The number of halogens is 1. The van der Waals surface area contributed by atoms with E-state index < -0.39 is 11.5 Å². The Kier molecular flexibility index (Phi) is 7.00. The van der Waals surface area contributed by atoms with Crippen LogP contribution < -0.4 is 10.2 Å². The van der Waals surface area contributed by atoms with E-state index in [0.29, 0.717) is 43.7 Å². The normalized spacial score (nSPS) is 13.5. The Bertz CT molecular complexity index is 970. The molecule has 0 aromatic carbocycles. The van der Waals surface area contributed by atoms with Crippen molar-refractivity contribution in [3.8, 4) is 0 Å². The topological polar surface area (TPSA) is 101 Å². The van der Waals surface area contributed by atoms with Gasteiger partial charge in [-0.1, -0.05) is 22.9 Å². The van der Waals surface area contributed by atoms with Gasteiger partial charge >= 0.3 is 6.09 Å². The highest BCUT2D eigenvalue weighted by molar-refractivity contribution is 7.15. The number of nitrogens with zero attached hydrogens (tertiary/aromatic N) is 5. The van der Waals surface area contributed by atoms with Crippen LogP contribution in [-0.4, -0.2) is 57.1 Å². The fraction of sp³-hybridized carbons (Fsp3) is 0.550. The van der Waals surface area contributed by atoms with Crippen LogP contribution >= 0.6 is 22.9 Å². The number of rotatable bonds is 5. The van der Waals surface area contributed by atoms with Crippen LogP contribution in [0.2, 0.25) is 5.02 Å². The number of nitrogens with one attached hydrogen (secondary N) is 1. The number of hydrogen-bond donors (Lipinski definition) is 1. The Hall–Kier alpha value is -2.46. The van der Waals surface area contributed by atoms with Crippen molar-refractivity contribution in [2.24, 2.45) is 0 Å². The third kappa shape index (κ3) is 5.62. The maximum Gasteiger partial charge on any atom is 0.410 e. The predicted molar refractivity (Wildman–Crippen MR) is 121 cm³/mol. The number of thiazole rings is 1. The summed E-state index contributed by atoms with van der Waals surface area (Å²) >= 11 is 7.51. The molecule has 2 aromatic heterocycles. The molecule has 9 nitrogen and oxygen atoms in total. The van der Waals surface area contributed by atoms with Crippen molar-refractivity contribution in [2.45, 2.75) is 53.2 Å². The molecule has 168 valence electrons. The Morgan fingerprint density at radius 1 is 1.29 bits per heavy atom. The third-order valence-electron chi connectivity index (χ3n) is 4.60. The van der Waals surface area contributed by atoms with Gasteiger partial charge in [-0.05, 0) is 34.6 Å². The lowest BCUT2D eigenvalue weighted by molar-refractivity contribution is 0.0225. The van der Waals surface area contributed by atoms with E-state index >= 15 is 0 Å². The van der Waals surface area contributed by atoms with Crippen molar-refractivity contribution in [3.05, 3.63) is 27.5 Å². The molecule has 3 rings (SSSR count). The van der Waals surface area contributed by atoms with Crippen LogP contribution in [0.4, 0.5) is 15.9 Å². The molecule has 2 aromatic rings. The van der Waals surface area contributed by atoms with E-state index in [2.05, 4.69) is 20.3 Å². The quantitative estimate of drug-likeness (QED) is 0.711. The monoisotopic (exact) mass is 466 g/mol. The number of hydrogen-bond acceptors (Lipinski definition) is 8. The standard InChI is InChI=1S/C20H27ClN6O3S/c1-6-26(7-2)17-22-10-12(21)15(24-17)16(28)25-18-23-13-8-9-27(11-14(13)31-18)19(29)30-20(3,4)5/h10H,6-9,11H2,1-5H3,(H,23,25,28). The zero-order valence-electron chi connectivity index (χ0n) is 18.4. The summed E-state index contributed by atoms with van der Waals surface area (Å²) in [4.78, 5) is 42.7. The third-order valence-corrected chi connectivity index (χ3v) is 5.87. The van der Waals surface area contributed by atoms with Gasteiger partial charge in [0.15, 0.2) is 10.8 Å². The van der Waals surface area contributed by atoms with Gasteiger partial charge in [-0.2, -0.15) is 0 Å². The highest BCUT2D eigenvalue weighted by Gasteiger charge is 2.28. The zero-order valence-corrected chi connectivity index (χ0v) is 19.9. The van der Waals surface area contributed by atoms with Gasteiger partial charge in [0.1, 0.15) is 5.60 Å². The molecular weight excluding hydrogens is 440 g/mol. The van der Waals surface area contributed by atoms with Crippen LogP contribution in [0.25, 0.3) is 0 Å². The molecule has 1 N–H and O–H groups in total. The first-order chi connectivity index (χ1) is 14.6. The number of fused-ring (bicyclic) bond motifs is 1. The molecule has 0 bridgehead atoms. The van der Waals surface area contributed by atoms with Crippen LogP contribution in [0.5, 0.6) is 0 Å². The Balaban J connectivity index is 1.72. The second kappa shape index (κ2) is 9.35. The van der Waals surface area contributed by atoms with Gasteiger partial charge in [-0.25, -0.2) is 19.7 Å². The van der Waals surface area contributed by atoms with Crippen molar-refractivity contribution in [1.29, 1.82) is 0 Å². The average molecular weight is 467 g/mol. The van der Waals surface area contributed by atoms with Crippen LogP contribution in [0.3, 0.4) is 0 Å². The minimum absolute atomic E-state index is 0.0992. The summed E-state index contributed by atoms with van der Waals surface area (Å²) in [5.74, 6) is 0.00175. The van der Waals surface area contributed by atoms with E-state index in [1.165, 1.54) is 17.5 Å². The smallest absolute Gasteiger partial charge is 0.410 e. The molecule has 1 aliphatic heterocycles. The summed E-state index contributed by atoms with van der Waals surface area (Å²) in [7, 11) is 0. The van der Waals surface area contributed by atoms with Crippen molar-refractivity contribution >= 4 is 46.0 Å². The van der Waals surface area contributed by atoms with Crippen molar-refractivity contribution in [3.63, 3.8) is 0 Å². The minimum atomic E-state index is -0.551. The minimum Gasteiger partial charge on any atom is -0.444 e. The van der Waals surface area contributed by atoms with E-state index in [1.54, 1.807) is 4.90 Å². The summed E-state index contributed by atoms with van der Waals surface area (Å²) in [5, 5.41) is 3.40. The SMILES string of the molecule is CCN(CC)c1ncc(Cl)c(C(=O)Nc2nc3c(s2)CN(C(=O)OC(C)(C)C)CC3)n1. The van der Waals surface area contributed by atoms with E-state index in [1.807, 2.05) is 39.5 Å². The van der Waals surface area contributed by atoms with Gasteiger partial charge < -0.3 is 14.5 Å². The highest BCUT2D eigenvalue weighted by atomic mass is 35.5. The number of carbonyl (C=O) groups excluding carboxylic acids is 2. The molecule has 31 heavy (non-hydrogen) atoms. The van der Waals surface area contributed by atoms with Crippen LogP contribution in [0.1, 0.15) is 55.7 Å². The lowest BCUT2D eigenvalue weighted by Gasteiger charge is -2.29. The van der Waals surface area contributed by atoms with Crippen molar-refractivity contribution in [1.82, 2.24) is 19.9 Å². The molecule has 0 saturated carbocycles. The summed E-state index contributed by atoms with van der Waals surface area (Å²) in [6, 6.07) is 0. The Morgan fingerprint density at radius 3 is 2.65 bits per heavy atom. The van der Waals surface area contributed by atoms with E-state index in [-0.39, 0.29) is 16.8 Å². The Morgan fingerprint density at radius 2 is 2.00 bits per heavy atom. The first kappa shape index (κ1) is 23.2. The fourth-order valence-electron chi connectivity index (χ4n) is 3.06. The largest absolute Gasteiger partial charge is 0.444 e. The number of carbonyl (C=O) groups is 2. The lowest BCUT2D eigenvalue weighted by Crippen LogP contribution is -2.39. The molecule has 0 atom stereocenters. The van der Waals surface area contributed by atoms with Crippen LogP contribution in [0, 0.1) is 0 Å². The fourth-order valence-corrected chi connectivity index (χ4v) is 4.26. The van der Waals surface area contributed by atoms with Gasteiger partial charge in [0.05, 0.1) is 23.5 Å². The molecule has 0 aliphatic carbocycles. The van der Waals surface area contributed by atoms with Crippen molar-refractivity contribution in [2.75, 3.05) is 29.9 Å². The van der Waals surface area contributed by atoms with E-state index in [9.17, 15) is 9.59 Å². The molecule has 0 spiro atoms. The first-order valence-corrected chi connectivity index (χ1v) is 11.4. The number of ether oxygens (including phenoxy) is 1. The van der Waals surface area contributed by atoms with Gasteiger partial charge in [-0.15, -0.1) is 0 Å². The highest BCUT2D eigenvalue weighted by Crippen LogP contribution is 2.30. The van der Waals surface area contributed by atoms with Gasteiger partial charge in [0.2, 0.25) is 5.95 Å². The van der Waals surface area contributed by atoms with Crippen LogP contribution in [-0.2, 0) is 17.7 Å². The molecule has 3 heterocycles. The number of anilines is 2. The number of aromatic nitrogens is 3. The van der Waals surface area contributed by atoms with Gasteiger partial charge in [0.25, 0.3) is 5.91 Å². The van der Waals surface area contributed by atoms with Crippen LogP contribution in [0.15, 0.2) is 6.20 Å².